The van der Waals surface area contributed by atoms with Crippen LogP contribution in [0.4, 0.5) is 5.69 Å². The summed E-state index contributed by atoms with van der Waals surface area (Å²) in [4.78, 5) is 4.54. The summed E-state index contributed by atoms with van der Waals surface area (Å²) in [6.07, 6.45) is 2.10. The van der Waals surface area contributed by atoms with Crippen molar-refractivity contribution in [1.29, 1.82) is 0 Å². The molecule has 2 aromatic heterocycles. The van der Waals surface area contributed by atoms with E-state index in [9.17, 15) is 0 Å². The van der Waals surface area contributed by atoms with Crippen LogP contribution in [0.3, 0.4) is 0 Å². The van der Waals surface area contributed by atoms with Crippen molar-refractivity contribution < 1.29 is 4.42 Å². The Labute approximate surface area is 124 Å². The molecule has 0 amide bonds. The number of nitrogens with one attached hydrogen (secondary N) is 1. The molecule has 110 valence electrons. The Morgan fingerprint density at radius 3 is 2.90 bits per heavy atom. The first kappa shape index (κ1) is 13.7. The number of rotatable bonds is 5. The molecule has 0 aliphatic heterocycles. The van der Waals surface area contributed by atoms with Gasteiger partial charge in [0.15, 0.2) is 11.5 Å². The minimum atomic E-state index is 0.307. The van der Waals surface area contributed by atoms with Crippen LogP contribution in [-0.4, -0.2) is 9.55 Å². The molecule has 4 heteroatoms. The normalized spacial score (nSPS) is 11.4. The fourth-order valence-electron chi connectivity index (χ4n) is 2.41. The van der Waals surface area contributed by atoms with Crippen LogP contribution in [0.15, 0.2) is 40.9 Å². The maximum atomic E-state index is 5.73. The Balaban J connectivity index is 1.78. The molecule has 21 heavy (non-hydrogen) atoms. The van der Waals surface area contributed by atoms with Crippen LogP contribution in [0.25, 0.3) is 11.1 Å². The first-order chi connectivity index (χ1) is 10.2. The third-order valence-electron chi connectivity index (χ3n) is 3.64. The lowest BCUT2D eigenvalue weighted by atomic mass is 10.2. The number of anilines is 1. The van der Waals surface area contributed by atoms with Crippen LogP contribution in [0.2, 0.25) is 0 Å². The topological polar surface area (TPSA) is 43.0 Å². The molecule has 0 unspecified atom stereocenters. The van der Waals surface area contributed by atoms with Gasteiger partial charge in [0, 0.05) is 30.0 Å². The van der Waals surface area contributed by atoms with Crippen molar-refractivity contribution in [2.24, 2.45) is 0 Å². The van der Waals surface area contributed by atoms with Crippen LogP contribution in [-0.2, 0) is 13.1 Å². The second kappa shape index (κ2) is 5.64. The monoisotopic (exact) mass is 283 g/mol. The van der Waals surface area contributed by atoms with E-state index >= 15 is 0 Å². The molecule has 3 aromatic rings. The molecule has 1 aromatic carbocycles. The van der Waals surface area contributed by atoms with Gasteiger partial charge in [0.25, 0.3) is 0 Å². The smallest absolute Gasteiger partial charge is 0.198 e. The molecule has 0 atom stereocenters. The minimum Gasteiger partial charge on any atom is -0.440 e. The number of aromatic nitrogens is 2. The number of fused-ring (bicyclic) bond motifs is 1. The average molecular weight is 283 g/mol. The van der Waals surface area contributed by atoms with Crippen molar-refractivity contribution in [2.45, 2.75) is 39.8 Å². The Bertz CT molecular complexity index is 739. The molecule has 1 N–H and O–H groups in total. The second-order valence-electron chi connectivity index (χ2n) is 5.53. The van der Waals surface area contributed by atoms with Gasteiger partial charge in [-0.05, 0) is 37.3 Å². The molecular weight excluding hydrogens is 262 g/mol. The third-order valence-corrected chi connectivity index (χ3v) is 3.64. The Hall–Kier alpha value is -2.23. The Morgan fingerprint density at radius 1 is 1.29 bits per heavy atom. The highest BCUT2D eigenvalue weighted by Gasteiger charge is 2.09. The van der Waals surface area contributed by atoms with Crippen molar-refractivity contribution in [1.82, 2.24) is 9.55 Å². The Morgan fingerprint density at radius 2 is 2.14 bits per heavy atom. The lowest BCUT2D eigenvalue weighted by Gasteiger charge is -2.09. The van der Waals surface area contributed by atoms with Crippen LogP contribution in [0.5, 0.6) is 0 Å². The van der Waals surface area contributed by atoms with Gasteiger partial charge >= 0.3 is 0 Å². The van der Waals surface area contributed by atoms with E-state index in [-0.39, 0.29) is 0 Å². The molecule has 0 saturated carbocycles. The van der Waals surface area contributed by atoms with Gasteiger partial charge in [-0.3, -0.25) is 0 Å². The summed E-state index contributed by atoms with van der Waals surface area (Å²) in [5.74, 6) is 1.10. The summed E-state index contributed by atoms with van der Waals surface area (Å²) in [7, 11) is 0. The van der Waals surface area contributed by atoms with Crippen LogP contribution in [0, 0.1) is 0 Å². The van der Waals surface area contributed by atoms with Crippen molar-refractivity contribution in [3.05, 3.63) is 48.1 Å². The molecule has 3 rings (SSSR count). The maximum Gasteiger partial charge on any atom is 0.198 e. The lowest BCUT2D eigenvalue weighted by Crippen LogP contribution is -2.05. The number of hydrogen-bond acceptors (Lipinski definition) is 3. The van der Waals surface area contributed by atoms with E-state index in [1.165, 1.54) is 5.69 Å². The molecule has 2 heterocycles. The summed E-state index contributed by atoms with van der Waals surface area (Å²) < 4.78 is 7.96. The number of hydrogen-bond donors (Lipinski definition) is 1. The van der Waals surface area contributed by atoms with E-state index in [1.54, 1.807) is 0 Å². The SMILES string of the molecule is CCn1cccc1CNc1ccc2oc(C(C)C)nc2c1. The van der Waals surface area contributed by atoms with E-state index in [1.807, 2.05) is 18.2 Å². The average Bonchev–Trinajstić information content (AvgIpc) is 3.10. The van der Waals surface area contributed by atoms with E-state index in [0.29, 0.717) is 5.92 Å². The molecule has 0 spiro atoms. The molecule has 0 fully saturated rings. The molecular formula is C17H21N3O. The van der Waals surface area contributed by atoms with Gasteiger partial charge in [-0.25, -0.2) is 4.98 Å². The summed E-state index contributed by atoms with van der Waals surface area (Å²) in [5, 5.41) is 3.45. The van der Waals surface area contributed by atoms with E-state index < -0.39 is 0 Å². The van der Waals surface area contributed by atoms with Crippen LogP contribution < -0.4 is 5.32 Å². The van der Waals surface area contributed by atoms with Crippen LogP contribution in [0.1, 0.15) is 38.3 Å². The zero-order chi connectivity index (χ0) is 14.8. The van der Waals surface area contributed by atoms with Gasteiger partial charge in [-0.15, -0.1) is 0 Å². The first-order valence-corrected chi connectivity index (χ1v) is 7.45. The standard InChI is InChI=1S/C17H21N3O/c1-4-20-9-5-6-14(20)11-18-13-7-8-16-15(10-13)19-17(21-16)12(2)3/h5-10,12,18H,4,11H2,1-3H3. The van der Waals surface area contributed by atoms with Crippen molar-refractivity contribution in [3.8, 4) is 0 Å². The highest BCUT2D eigenvalue weighted by molar-refractivity contribution is 5.77. The maximum absolute atomic E-state index is 5.73. The molecule has 0 aliphatic rings. The molecule has 0 radical (unpaired) electrons. The number of nitrogens with zero attached hydrogens (tertiary/aromatic N) is 2. The largest absolute Gasteiger partial charge is 0.440 e. The number of benzene rings is 1. The van der Waals surface area contributed by atoms with Gasteiger partial charge in [0.1, 0.15) is 5.52 Å². The molecule has 0 aliphatic carbocycles. The van der Waals surface area contributed by atoms with Crippen molar-refractivity contribution in [2.75, 3.05) is 5.32 Å². The van der Waals surface area contributed by atoms with Crippen molar-refractivity contribution in [3.63, 3.8) is 0 Å². The zero-order valence-electron chi connectivity index (χ0n) is 12.8. The Kier molecular flexibility index (Phi) is 3.69. The lowest BCUT2D eigenvalue weighted by molar-refractivity contribution is 0.501. The van der Waals surface area contributed by atoms with Gasteiger partial charge in [0.05, 0.1) is 6.54 Å². The molecule has 4 nitrogen and oxygen atoms in total. The second-order valence-corrected chi connectivity index (χ2v) is 5.53. The van der Waals surface area contributed by atoms with E-state index in [0.717, 1.165) is 35.8 Å². The van der Waals surface area contributed by atoms with Crippen molar-refractivity contribution >= 4 is 16.8 Å². The fraction of sp³-hybridized carbons (Fsp3) is 0.353. The quantitative estimate of drug-likeness (QED) is 0.755. The number of oxazole rings is 1. The van der Waals surface area contributed by atoms with E-state index in [2.05, 4.69) is 54.0 Å². The van der Waals surface area contributed by atoms with Gasteiger partial charge in [-0.2, -0.15) is 0 Å². The fourth-order valence-corrected chi connectivity index (χ4v) is 2.41. The predicted octanol–water partition coefficient (Wildman–Crippen LogP) is 4.38. The van der Waals surface area contributed by atoms with Gasteiger partial charge in [-0.1, -0.05) is 13.8 Å². The van der Waals surface area contributed by atoms with Crippen LogP contribution >= 0.6 is 0 Å². The summed E-state index contributed by atoms with van der Waals surface area (Å²) >= 11 is 0. The highest BCUT2D eigenvalue weighted by atomic mass is 16.3. The third kappa shape index (κ3) is 2.79. The predicted molar refractivity (Wildman–Crippen MR) is 85.5 cm³/mol. The molecule has 0 saturated heterocycles. The summed E-state index contributed by atoms with van der Waals surface area (Å²) in [6.45, 7) is 8.12. The minimum absolute atomic E-state index is 0.307. The first-order valence-electron chi connectivity index (χ1n) is 7.45. The zero-order valence-corrected chi connectivity index (χ0v) is 12.8. The molecule has 0 bridgehead atoms. The van der Waals surface area contributed by atoms with E-state index in [4.69, 9.17) is 4.42 Å². The van der Waals surface area contributed by atoms with Gasteiger partial charge in [0.2, 0.25) is 0 Å². The highest BCUT2D eigenvalue weighted by Crippen LogP contribution is 2.24. The number of aryl methyl sites for hydroxylation is 1. The van der Waals surface area contributed by atoms with Gasteiger partial charge < -0.3 is 14.3 Å². The summed E-state index contributed by atoms with van der Waals surface area (Å²) in [5.41, 5.74) is 4.10. The summed E-state index contributed by atoms with van der Waals surface area (Å²) in [6, 6.07) is 10.3.